The molecular formula is C21H16Cl2N8O2. The topological polar surface area (TPSA) is 139 Å². The van der Waals surface area contributed by atoms with Gasteiger partial charge in [-0.15, -0.1) is 0 Å². The van der Waals surface area contributed by atoms with E-state index in [0.717, 1.165) is 0 Å². The van der Waals surface area contributed by atoms with Crippen molar-refractivity contribution in [3.05, 3.63) is 69.3 Å². The molecule has 0 radical (unpaired) electrons. The van der Waals surface area contributed by atoms with Crippen LogP contribution in [0.25, 0.3) is 11.3 Å². The lowest BCUT2D eigenvalue weighted by Crippen LogP contribution is -2.41. The van der Waals surface area contributed by atoms with Crippen LogP contribution in [0.3, 0.4) is 0 Å². The van der Waals surface area contributed by atoms with Gasteiger partial charge in [0.25, 0.3) is 5.91 Å². The number of fused-ring (bicyclic) bond motifs is 1. The molecule has 3 amide bonds. The molecule has 10 nitrogen and oxygen atoms in total. The van der Waals surface area contributed by atoms with Gasteiger partial charge in [0.1, 0.15) is 5.69 Å². The number of rotatable bonds is 4. The highest BCUT2D eigenvalue weighted by Crippen LogP contribution is 2.32. The Morgan fingerprint density at radius 1 is 1.12 bits per heavy atom. The fourth-order valence-electron chi connectivity index (χ4n) is 3.51. The summed E-state index contributed by atoms with van der Waals surface area (Å²) in [5.74, 6) is -0.623. The van der Waals surface area contributed by atoms with Crippen LogP contribution in [-0.2, 0) is 13.1 Å². The second kappa shape index (κ2) is 9.28. The molecule has 12 heteroatoms. The largest absolute Gasteiger partial charge is 0.322 e. The van der Waals surface area contributed by atoms with Crippen molar-refractivity contribution in [2.45, 2.75) is 13.1 Å². The minimum Gasteiger partial charge on any atom is -0.317 e. The molecule has 166 valence electrons. The van der Waals surface area contributed by atoms with Crippen molar-refractivity contribution < 1.29 is 9.59 Å². The number of carbonyl (C=O) groups is 2. The molecular weight excluding hydrogens is 467 g/mol. The molecule has 3 N–H and O–H groups in total. The van der Waals surface area contributed by atoms with Gasteiger partial charge in [-0.2, -0.15) is 15.9 Å². The molecule has 0 atom stereocenters. The number of halogens is 2. The normalized spacial score (nSPS) is 12.5. The molecule has 2 aromatic carbocycles. The van der Waals surface area contributed by atoms with Gasteiger partial charge in [0.15, 0.2) is 0 Å². The first-order valence-corrected chi connectivity index (χ1v) is 10.4. The van der Waals surface area contributed by atoms with E-state index in [9.17, 15) is 9.59 Å². The second-order valence-corrected chi connectivity index (χ2v) is 7.93. The Hall–Kier alpha value is -3.94. The molecule has 0 saturated carbocycles. The molecule has 33 heavy (non-hydrogen) atoms. The van der Waals surface area contributed by atoms with Crippen molar-refractivity contribution in [2.24, 2.45) is 5.22 Å². The number of benzene rings is 2. The Kier molecular flexibility index (Phi) is 6.26. The number of aromatic nitrogens is 2. The van der Waals surface area contributed by atoms with Crippen LogP contribution in [-0.4, -0.2) is 33.2 Å². The molecule has 0 unspecified atom stereocenters. The van der Waals surface area contributed by atoms with Crippen LogP contribution in [0.15, 0.2) is 47.7 Å². The van der Waals surface area contributed by atoms with E-state index in [1.54, 1.807) is 52.0 Å². The lowest BCUT2D eigenvalue weighted by Gasteiger charge is -2.28. The molecule has 1 aromatic heterocycles. The van der Waals surface area contributed by atoms with Gasteiger partial charge in [0.05, 0.1) is 46.0 Å². The first-order chi connectivity index (χ1) is 15.9. The van der Waals surface area contributed by atoms with Crippen molar-refractivity contribution in [2.75, 3.05) is 11.9 Å². The van der Waals surface area contributed by atoms with Crippen molar-refractivity contribution in [1.29, 1.82) is 10.8 Å². The van der Waals surface area contributed by atoms with Crippen LogP contribution >= 0.6 is 23.2 Å². The highest BCUT2D eigenvalue weighted by molar-refractivity contribution is 6.42. The number of amides is 3. The Morgan fingerprint density at radius 3 is 2.55 bits per heavy atom. The molecule has 1 aliphatic heterocycles. The Balaban J connectivity index is 1.65. The van der Waals surface area contributed by atoms with E-state index in [1.807, 2.05) is 6.07 Å². The number of nitrogens with zero attached hydrogens (tertiary/aromatic N) is 5. The van der Waals surface area contributed by atoms with Crippen LogP contribution in [0.2, 0.25) is 10.0 Å². The van der Waals surface area contributed by atoms with E-state index in [-0.39, 0.29) is 18.1 Å². The summed E-state index contributed by atoms with van der Waals surface area (Å²) in [5.41, 5.74) is 11.8. The van der Waals surface area contributed by atoms with E-state index in [1.165, 1.54) is 0 Å². The van der Waals surface area contributed by atoms with Gasteiger partial charge in [-0.25, -0.2) is 10.2 Å². The van der Waals surface area contributed by atoms with Crippen molar-refractivity contribution in [3.8, 4) is 17.3 Å². The van der Waals surface area contributed by atoms with Crippen molar-refractivity contribution in [1.82, 2.24) is 20.1 Å². The van der Waals surface area contributed by atoms with Crippen LogP contribution in [0.4, 0.5) is 10.5 Å². The van der Waals surface area contributed by atoms with Crippen molar-refractivity contribution >= 4 is 40.8 Å². The van der Waals surface area contributed by atoms with E-state index in [0.29, 0.717) is 51.3 Å². The maximum absolute atomic E-state index is 12.8. The van der Waals surface area contributed by atoms with E-state index in [2.05, 4.69) is 21.1 Å². The molecule has 0 spiro atoms. The lowest BCUT2D eigenvalue weighted by molar-refractivity contribution is 0.0947. The molecule has 0 bridgehead atoms. The third-order valence-electron chi connectivity index (χ3n) is 5.11. The minimum atomic E-state index is -0.623. The van der Waals surface area contributed by atoms with E-state index < -0.39 is 5.91 Å². The summed E-state index contributed by atoms with van der Waals surface area (Å²) < 4.78 is 1.65. The van der Waals surface area contributed by atoms with Crippen molar-refractivity contribution in [3.63, 3.8) is 0 Å². The maximum Gasteiger partial charge on any atom is 0.322 e. The molecule has 4 rings (SSSR count). The molecule has 0 saturated heterocycles. The number of nitriles is 1. The molecule has 2 heterocycles. The smallest absolute Gasteiger partial charge is 0.317 e. The third kappa shape index (κ3) is 4.50. The van der Waals surface area contributed by atoms with Gasteiger partial charge in [-0.1, -0.05) is 34.5 Å². The lowest BCUT2D eigenvalue weighted by atomic mass is 10.0. The Morgan fingerprint density at radius 2 is 1.88 bits per heavy atom. The van der Waals surface area contributed by atoms with Crippen LogP contribution in [0, 0.1) is 16.9 Å². The Bertz CT molecular complexity index is 1300. The fourth-order valence-corrected chi connectivity index (χ4v) is 3.81. The number of urea groups is 1. The standard InChI is InChI=1S/C21H16Cl2N8O2/c22-15-6-3-13(9-16(15)23)19-18(20(32)27-29-25)17-11-30(7-8-31(17)28-19)21(33)26-14-4-1-12(10-24)2-5-14/h1-6,9H,7-8,11H2,(H,26,33)(H2,25,27,32). The maximum atomic E-state index is 12.8. The molecule has 0 fully saturated rings. The number of hydrogen-bond donors (Lipinski definition) is 3. The van der Waals surface area contributed by atoms with Crippen LogP contribution in [0.1, 0.15) is 21.6 Å². The predicted octanol–water partition coefficient (Wildman–Crippen LogP) is 4.45. The second-order valence-electron chi connectivity index (χ2n) is 7.12. The van der Waals surface area contributed by atoms with Gasteiger partial charge >= 0.3 is 6.03 Å². The minimum absolute atomic E-state index is 0.108. The average Bonchev–Trinajstić information content (AvgIpc) is 3.20. The predicted molar refractivity (Wildman–Crippen MR) is 121 cm³/mol. The first kappa shape index (κ1) is 22.3. The highest BCUT2D eigenvalue weighted by atomic mass is 35.5. The molecule has 1 aliphatic rings. The van der Waals surface area contributed by atoms with E-state index >= 15 is 0 Å². The summed E-state index contributed by atoms with van der Waals surface area (Å²) in [7, 11) is 0. The van der Waals surface area contributed by atoms with Gasteiger partial charge in [-0.3, -0.25) is 9.48 Å². The number of anilines is 1. The molecule has 0 aliphatic carbocycles. The van der Waals surface area contributed by atoms with Gasteiger partial charge in [0, 0.05) is 17.8 Å². The summed E-state index contributed by atoms with van der Waals surface area (Å²) in [5, 5.41) is 19.9. The number of carbonyl (C=O) groups excluding carboxylic acids is 2. The zero-order chi connectivity index (χ0) is 23.5. The van der Waals surface area contributed by atoms with Gasteiger partial charge in [-0.05, 0) is 36.4 Å². The van der Waals surface area contributed by atoms with E-state index in [4.69, 9.17) is 34.0 Å². The SMILES string of the molecule is N#Cc1ccc(NC(=O)N2CCn3nc(-c4ccc(Cl)c(Cl)c4)c(C(=O)NN=N)c3C2)cc1. The van der Waals surface area contributed by atoms with Gasteiger partial charge < -0.3 is 10.2 Å². The quantitative estimate of drug-likeness (QED) is 0.373. The number of nitrogens with one attached hydrogen (secondary N) is 3. The Labute approximate surface area is 198 Å². The summed E-state index contributed by atoms with van der Waals surface area (Å²) >= 11 is 12.2. The summed E-state index contributed by atoms with van der Waals surface area (Å²) in [6, 6.07) is 13.0. The highest BCUT2D eigenvalue weighted by Gasteiger charge is 2.31. The average molecular weight is 483 g/mol. The summed E-state index contributed by atoms with van der Waals surface area (Å²) in [4.78, 5) is 27.1. The summed E-state index contributed by atoms with van der Waals surface area (Å²) in [6.07, 6.45) is 0. The van der Waals surface area contributed by atoms with Gasteiger partial charge in [0.2, 0.25) is 0 Å². The number of hydrogen-bond acceptors (Lipinski definition) is 6. The molecule has 3 aromatic rings. The summed E-state index contributed by atoms with van der Waals surface area (Å²) in [6.45, 7) is 0.828. The zero-order valence-corrected chi connectivity index (χ0v) is 18.5. The first-order valence-electron chi connectivity index (χ1n) is 9.69. The zero-order valence-electron chi connectivity index (χ0n) is 17.0. The third-order valence-corrected chi connectivity index (χ3v) is 5.85. The van der Waals surface area contributed by atoms with Crippen LogP contribution in [0.5, 0.6) is 0 Å². The fraction of sp³-hybridized carbons (Fsp3) is 0.143. The monoisotopic (exact) mass is 482 g/mol. The van der Waals surface area contributed by atoms with Crippen LogP contribution < -0.4 is 10.7 Å².